The van der Waals surface area contributed by atoms with Crippen molar-refractivity contribution in [2.24, 2.45) is 10.7 Å². The number of benzene rings is 1. The number of hydrogen-bond donors (Lipinski definition) is 2. The molecule has 4 nitrogen and oxygen atoms in total. The second kappa shape index (κ2) is 9.79. The molecule has 1 aromatic carbocycles. The van der Waals surface area contributed by atoms with Gasteiger partial charge in [0.2, 0.25) is 0 Å². The summed E-state index contributed by atoms with van der Waals surface area (Å²) < 4.78 is 19.0. The number of rotatable bonds is 6. The molecular formula is C14H23FIN3O. The number of aliphatic imine (C=N–C) groups is 1. The number of halogens is 2. The van der Waals surface area contributed by atoms with Gasteiger partial charge in [-0.1, -0.05) is 19.1 Å². The Morgan fingerprint density at radius 1 is 1.40 bits per heavy atom. The van der Waals surface area contributed by atoms with Gasteiger partial charge in [0.05, 0.1) is 6.54 Å². The van der Waals surface area contributed by atoms with Crippen LogP contribution in [0.5, 0.6) is 5.75 Å². The van der Waals surface area contributed by atoms with Gasteiger partial charge in [-0.05, 0) is 32.4 Å². The summed E-state index contributed by atoms with van der Waals surface area (Å²) in [7, 11) is 0. The second-order valence-corrected chi connectivity index (χ2v) is 4.60. The van der Waals surface area contributed by atoms with Crippen LogP contribution in [0.15, 0.2) is 29.3 Å². The third-order valence-electron chi connectivity index (χ3n) is 2.49. The van der Waals surface area contributed by atoms with Gasteiger partial charge in [0.1, 0.15) is 6.10 Å². The van der Waals surface area contributed by atoms with E-state index < -0.39 is 0 Å². The smallest absolute Gasteiger partial charge is 0.188 e. The molecule has 1 rings (SSSR count). The number of nitrogens with zero attached hydrogens (tertiary/aromatic N) is 1. The Bertz CT molecular complexity index is 427. The molecule has 0 amide bonds. The number of nitrogens with one attached hydrogen (secondary N) is 1. The first-order valence-corrected chi connectivity index (χ1v) is 6.50. The van der Waals surface area contributed by atoms with Crippen LogP contribution >= 0.6 is 24.0 Å². The van der Waals surface area contributed by atoms with Gasteiger partial charge in [-0.3, -0.25) is 0 Å². The first-order valence-electron chi connectivity index (χ1n) is 6.50. The maximum Gasteiger partial charge on any atom is 0.188 e. The van der Waals surface area contributed by atoms with Crippen LogP contribution in [0.4, 0.5) is 4.39 Å². The zero-order valence-corrected chi connectivity index (χ0v) is 14.4. The quantitative estimate of drug-likeness (QED) is 0.443. The van der Waals surface area contributed by atoms with E-state index in [1.807, 2.05) is 20.8 Å². The molecule has 0 bridgehead atoms. The summed E-state index contributed by atoms with van der Waals surface area (Å²) in [5.74, 6) is 0.267. The Hall–Kier alpha value is -1.05. The van der Waals surface area contributed by atoms with Gasteiger partial charge in [0.25, 0.3) is 0 Å². The van der Waals surface area contributed by atoms with Crippen LogP contribution in [0.3, 0.4) is 0 Å². The molecule has 3 N–H and O–H groups in total. The number of guanidine groups is 1. The highest BCUT2D eigenvalue weighted by atomic mass is 127. The van der Waals surface area contributed by atoms with E-state index in [-0.39, 0.29) is 47.7 Å². The van der Waals surface area contributed by atoms with E-state index in [1.165, 1.54) is 6.07 Å². The third kappa shape index (κ3) is 6.93. The van der Waals surface area contributed by atoms with Crippen LogP contribution in [0.1, 0.15) is 27.2 Å². The summed E-state index contributed by atoms with van der Waals surface area (Å²) in [4.78, 5) is 4.20. The monoisotopic (exact) mass is 395 g/mol. The van der Waals surface area contributed by atoms with E-state index in [0.29, 0.717) is 12.5 Å². The molecule has 0 saturated heterocycles. The van der Waals surface area contributed by atoms with Gasteiger partial charge in [-0.15, -0.1) is 24.0 Å². The molecule has 0 aliphatic rings. The van der Waals surface area contributed by atoms with Gasteiger partial charge >= 0.3 is 0 Å². The van der Waals surface area contributed by atoms with Gasteiger partial charge in [0, 0.05) is 6.04 Å². The SMILES string of the molecule is CCC(CN=C(N)NC(C)C)Oc1ccccc1F.I. The number of ether oxygens (including phenoxy) is 1. The van der Waals surface area contributed by atoms with Crippen LogP contribution in [0.2, 0.25) is 0 Å². The van der Waals surface area contributed by atoms with Crippen LogP contribution in [0, 0.1) is 5.82 Å². The van der Waals surface area contributed by atoms with Crippen LogP contribution in [-0.2, 0) is 0 Å². The number of nitrogens with two attached hydrogens (primary N) is 1. The summed E-state index contributed by atoms with van der Waals surface area (Å²) in [5.41, 5.74) is 5.71. The summed E-state index contributed by atoms with van der Waals surface area (Å²) in [6, 6.07) is 6.59. The van der Waals surface area contributed by atoms with Crippen molar-refractivity contribution in [2.45, 2.75) is 39.3 Å². The highest BCUT2D eigenvalue weighted by Crippen LogP contribution is 2.18. The Morgan fingerprint density at radius 2 is 2.05 bits per heavy atom. The minimum absolute atomic E-state index is 0. The normalized spacial score (nSPS) is 12.8. The predicted molar refractivity (Wildman–Crippen MR) is 91.3 cm³/mol. The summed E-state index contributed by atoms with van der Waals surface area (Å²) in [6.45, 7) is 6.33. The fourth-order valence-corrected chi connectivity index (χ4v) is 1.51. The molecule has 0 aliphatic carbocycles. The Labute approximate surface area is 137 Å². The minimum Gasteiger partial charge on any atom is -0.485 e. The highest BCUT2D eigenvalue weighted by Gasteiger charge is 2.10. The molecule has 6 heteroatoms. The van der Waals surface area contributed by atoms with Crippen molar-refractivity contribution in [1.29, 1.82) is 0 Å². The lowest BCUT2D eigenvalue weighted by Gasteiger charge is -2.17. The molecule has 20 heavy (non-hydrogen) atoms. The standard InChI is InChI=1S/C14H22FN3O.HI/c1-4-11(9-17-14(16)18-10(2)3)19-13-8-6-5-7-12(13)15;/h5-8,10-11H,4,9H2,1-3H3,(H3,16,17,18);1H. The van der Waals surface area contributed by atoms with Crippen molar-refractivity contribution >= 4 is 29.9 Å². The van der Waals surface area contributed by atoms with E-state index in [4.69, 9.17) is 10.5 Å². The number of para-hydroxylation sites is 1. The van der Waals surface area contributed by atoms with Crippen molar-refractivity contribution < 1.29 is 9.13 Å². The van der Waals surface area contributed by atoms with Gasteiger partial charge in [-0.25, -0.2) is 9.38 Å². The minimum atomic E-state index is -0.363. The molecule has 0 aromatic heterocycles. The Balaban J connectivity index is 0.00000361. The van der Waals surface area contributed by atoms with E-state index in [2.05, 4.69) is 10.3 Å². The topological polar surface area (TPSA) is 59.6 Å². The fraction of sp³-hybridized carbons (Fsp3) is 0.500. The van der Waals surface area contributed by atoms with E-state index in [1.54, 1.807) is 18.2 Å². The lowest BCUT2D eigenvalue weighted by molar-refractivity contribution is 0.197. The average molecular weight is 395 g/mol. The molecule has 0 fully saturated rings. The zero-order chi connectivity index (χ0) is 14.3. The predicted octanol–water partition coefficient (Wildman–Crippen LogP) is 2.91. The summed E-state index contributed by atoms with van der Waals surface area (Å²) in [5, 5.41) is 3.00. The third-order valence-corrected chi connectivity index (χ3v) is 2.49. The largest absolute Gasteiger partial charge is 0.485 e. The van der Waals surface area contributed by atoms with Crippen molar-refractivity contribution in [1.82, 2.24) is 5.32 Å². The maximum absolute atomic E-state index is 13.5. The molecule has 0 spiro atoms. The van der Waals surface area contributed by atoms with Gasteiger partial charge in [0.15, 0.2) is 17.5 Å². The zero-order valence-electron chi connectivity index (χ0n) is 12.1. The Kier molecular flexibility index (Phi) is 9.28. The molecule has 0 saturated carbocycles. The van der Waals surface area contributed by atoms with Crippen LogP contribution < -0.4 is 15.8 Å². The molecular weight excluding hydrogens is 372 g/mol. The highest BCUT2D eigenvalue weighted by molar-refractivity contribution is 14.0. The molecule has 0 heterocycles. The van der Waals surface area contributed by atoms with Gasteiger partial charge < -0.3 is 15.8 Å². The maximum atomic E-state index is 13.5. The fourth-order valence-electron chi connectivity index (χ4n) is 1.51. The molecule has 1 unspecified atom stereocenters. The Morgan fingerprint density at radius 3 is 2.60 bits per heavy atom. The summed E-state index contributed by atoms with van der Waals surface area (Å²) in [6.07, 6.45) is 0.539. The van der Waals surface area contributed by atoms with Crippen molar-refractivity contribution in [3.63, 3.8) is 0 Å². The van der Waals surface area contributed by atoms with Crippen molar-refractivity contribution in [3.05, 3.63) is 30.1 Å². The first kappa shape index (κ1) is 18.9. The van der Waals surface area contributed by atoms with E-state index in [9.17, 15) is 4.39 Å². The molecule has 0 radical (unpaired) electrons. The first-order chi connectivity index (χ1) is 9.02. The van der Waals surface area contributed by atoms with Gasteiger partial charge in [-0.2, -0.15) is 0 Å². The van der Waals surface area contributed by atoms with E-state index in [0.717, 1.165) is 6.42 Å². The molecule has 1 atom stereocenters. The lowest BCUT2D eigenvalue weighted by atomic mass is 10.2. The lowest BCUT2D eigenvalue weighted by Crippen LogP contribution is -2.37. The number of hydrogen-bond acceptors (Lipinski definition) is 2. The van der Waals surface area contributed by atoms with Crippen molar-refractivity contribution in [3.8, 4) is 5.75 Å². The van der Waals surface area contributed by atoms with Crippen molar-refractivity contribution in [2.75, 3.05) is 6.54 Å². The van der Waals surface area contributed by atoms with Crippen LogP contribution in [-0.4, -0.2) is 24.7 Å². The van der Waals surface area contributed by atoms with E-state index >= 15 is 0 Å². The summed E-state index contributed by atoms with van der Waals surface area (Å²) >= 11 is 0. The average Bonchev–Trinajstić information content (AvgIpc) is 2.35. The molecule has 1 aromatic rings. The second-order valence-electron chi connectivity index (χ2n) is 4.60. The van der Waals surface area contributed by atoms with Crippen LogP contribution in [0.25, 0.3) is 0 Å². The molecule has 114 valence electrons. The molecule has 0 aliphatic heterocycles.